The van der Waals surface area contributed by atoms with Crippen molar-refractivity contribution in [2.75, 3.05) is 42.6 Å². The molecule has 2 heterocycles. The summed E-state index contributed by atoms with van der Waals surface area (Å²) in [6, 6.07) is 7.35. The molecule has 0 bridgehead atoms. The van der Waals surface area contributed by atoms with E-state index in [4.69, 9.17) is 11.6 Å². The molecule has 2 aromatic carbocycles. The van der Waals surface area contributed by atoms with Gasteiger partial charge in [0, 0.05) is 30.2 Å². The van der Waals surface area contributed by atoms with Crippen molar-refractivity contribution in [1.82, 2.24) is 10.2 Å². The van der Waals surface area contributed by atoms with Crippen molar-refractivity contribution < 1.29 is 22.4 Å². The first-order chi connectivity index (χ1) is 18.0. The van der Waals surface area contributed by atoms with Crippen molar-refractivity contribution in [2.45, 2.75) is 38.5 Å². The molecule has 4 rings (SSSR count). The van der Waals surface area contributed by atoms with Gasteiger partial charge in [0.2, 0.25) is 5.91 Å². The van der Waals surface area contributed by atoms with Crippen molar-refractivity contribution in [1.29, 1.82) is 0 Å². The second kappa shape index (κ2) is 12.0. The van der Waals surface area contributed by atoms with Crippen LogP contribution in [0.1, 0.15) is 42.6 Å². The molecule has 11 heteroatoms. The average Bonchev–Trinajstić information content (AvgIpc) is 2.83. The van der Waals surface area contributed by atoms with Crippen molar-refractivity contribution in [3.05, 3.63) is 58.4 Å². The van der Waals surface area contributed by atoms with E-state index in [1.54, 1.807) is 18.2 Å². The Labute approximate surface area is 228 Å². The zero-order chi connectivity index (χ0) is 27.4. The highest BCUT2D eigenvalue weighted by Crippen LogP contribution is 2.29. The fraction of sp³-hybridized carbons (Fsp3) is 0.481. The number of halogens is 2. The standard InChI is InChI=1S/C27H34ClFN4O4S/c1-17-10-18(2)14-33(13-17)9-3-8-30-26(34)19-5-7-23-24(11-19)32-27(35)25(31-23)16-38(36,37)15-20-4-6-21(29)12-22(20)28/h4-7,11-12,17-18,25,31H,3,8-10,13-16H2,1-2H3,(H,30,34)(H,32,35). The van der Waals surface area contributed by atoms with Gasteiger partial charge in [-0.15, -0.1) is 0 Å². The summed E-state index contributed by atoms with van der Waals surface area (Å²) in [7, 11) is -3.75. The lowest BCUT2D eigenvalue weighted by Crippen LogP contribution is -2.43. The van der Waals surface area contributed by atoms with Crippen LogP contribution in [0.3, 0.4) is 0 Å². The predicted molar refractivity (Wildman–Crippen MR) is 148 cm³/mol. The van der Waals surface area contributed by atoms with Crippen molar-refractivity contribution in [2.24, 2.45) is 11.8 Å². The molecule has 1 saturated heterocycles. The van der Waals surface area contributed by atoms with Crippen molar-refractivity contribution in [3.8, 4) is 0 Å². The first kappa shape index (κ1) is 28.3. The number of carbonyl (C=O) groups is 2. The summed E-state index contributed by atoms with van der Waals surface area (Å²) in [5, 5.41) is 8.61. The number of hydrogen-bond donors (Lipinski definition) is 3. The number of anilines is 2. The Hall–Kier alpha value is -2.69. The molecule has 0 aliphatic carbocycles. The molecule has 2 aliphatic rings. The van der Waals surface area contributed by atoms with Gasteiger partial charge >= 0.3 is 0 Å². The smallest absolute Gasteiger partial charge is 0.251 e. The van der Waals surface area contributed by atoms with Gasteiger partial charge in [0.1, 0.15) is 11.9 Å². The molecule has 0 aromatic heterocycles. The number of hydrogen-bond acceptors (Lipinski definition) is 6. The number of amides is 2. The van der Waals surface area contributed by atoms with Crippen LogP contribution >= 0.6 is 11.6 Å². The minimum Gasteiger partial charge on any atom is -0.371 e. The number of nitrogens with zero attached hydrogens (tertiary/aromatic N) is 1. The molecule has 0 saturated carbocycles. The third-order valence-electron chi connectivity index (χ3n) is 6.88. The first-order valence-corrected chi connectivity index (χ1v) is 15.1. The lowest BCUT2D eigenvalue weighted by molar-refractivity contribution is -0.116. The number of piperidine rings is 1. The summed E-state index contributed by atoms with van der Waals surface area (Å²) < 4.78 is 38.7. The van der Waals surface area contributed by atoms with E-state index in [1.807, 2.05) is 0 Å². The van der Waals surface area contributed by atoms with E-state index in [0.717, 1.165) is 38.2 Å². The Bertz CT molecular complexity index is 1300. The largest absolute Gasteiger partial charge is 0.371 e. The minimum atomic E-state index is -3.75. The predicted octanol–water partition coefficient (Wildman–Crippen LogP) is 3.92. The molecule has 206 valence electrons. The van der Waals surface area contributed by atoms with Gasteiger partial charge < -0.3 is 20.9 Å². The van der Waals surface area contributed by atoms with Gasteiger partial charge in [-0.05, 0) is 67.1 Å². The lowest BCUT2D eigenvalue weighted by atomic mass is 9.92. The van der Waals surface area contributed by atoms with Crippen molar-refractivity contribution in [3.63, 3.8) is 0 Å². The van der Waals surface area contributed by atoms with Crippen LogP contribution in [0.5, 0.6) is 0 Å². The number of fused-ring (bicyclic) bond motifs is 1. The van der Waals surface area contributed by atoms with Crippen LogP contribution < -0.4 is 16.0 Å². The molecule has 3 unspecified atom stereocenters. The van der Waals surface area contributed by atoms with Gasteiger partial charge in [-0.1, -0.05) is 31.5 Å². The molecule has 38 heavy (non-hydrogen) atoms. The zero-order valence-electron chi connectivity index (χ0n) is 21.6. The van der Waals surface area contributed by atoms with Crippen LogP contribution in [0.25, 0.3) is 0 Å². The second-order valence-corrected chi connectivity index (χ2v) is 13.1. The maximum Gasteiger partial charge on any atom is 0.251 e. The number of carbonyl (C=O) groups excluding carboxylic acids is 2. The van der Waals surface area contributed by atoms with E-state index in [0.29, 0.717) is 35.3 Å². The topological polar surface area (TPSA) is 108 Å². The Balaban J connectivity index is 1.30. The summed E-state index contributed by atoms with van der Waals surface area (Å²) in [5.41, 5.74) is 1.60. The minimum absolute atomic E-state index is 0.0153. The van der Waals surface area contributed by atoms with Crippen LogP contribution in [0, 0.1) is 17.7 Å². The van der Waals surface area contributed by atoms with E-state index in [1.165, 1.54) is 12.5 Å². The van der Waals surface area contributed by atoms with Gasteiger partial charge in [0.25, 0.3) is 5.91 Å². The van der Waals surface area contributed by atoms with E-state index in [-0.39, 0.29) is 16.5 Å². The SMILES string of the molecule is CC1CC(C)CN(CCCNC(=O)c2ccc3c(c2)NC(=O)C(CS(=O)(=O)Cc2ccc(F)cc2Cl)N3)C1. The van der Waals surface area contributed by atoms with Gasteiger partial charge in [-0.3, -0.25) is 9.59 Å². The summed E-state index contributed by atoms with van der Waals surface area (Å²) in [6.45, 7) is 8.24. The van der Waals surface area contributed by atoms with E-state index in [2.05, 4.69) is 34.7 Å². The van der Waals surface area contributed by atoms with E-state index < -0.39 is 39.1 Å². The molecule has 0 spiro atoms. The number of nitrogens with one attached hydrogen (secondary N) is 3. The van der Waals surface area contributed by atoms with Crippen molar-refractivity contribution >= 4 is 44.6 Å². The molecule has 2 amide bonds. The fourth-order valence-electron chi connectivity index (χ4n) is 5.28. The lowest BCUT2D eigenvalue weighted by Gasteiger charge is -2.34. The fourth-order valence-corrected chi connectivity index (χ4v) is 7.17. The van der Waals surface area contributed by atoms with Crippen LogP contribution in [-0.2, 0) is 20.4 Å². The Morgan fingerprint density at radius 1 is 1.13 bits per heavy atom. The van der Waals surface area contributed by atoms with Gasteiger partial charge in [-0.2, -0.15) is 0 Å². The van der Waals surface area contributed by atoms with Gasteiger partial charge in [-0.25, -0.2) is 12.8 Å². The Morgan fingerprint density at radius 2 is 1.87 bits per heavy atom. The summed E-state index contributed by atoms with van der Waals surface area (Å²) in [5.74, 6) is -0.809. The van der Waals surface area contributed by atoms with E-state index in [9.17, 15) is 22.4 Å². The number of benzene rings is 2. The third-order valence-corrected chi connectivity index (χ3v) is 8.82. The molecule has 0 radical (unpaired) electrons. The molecule has 3 N–H and O–H groups in total. The van der Waals surface area contributed by atoms with Gasteiger partial charge in [0.05, 0.1) is 22.9 Å². The second-order valence-electron chi connectivity index (χ2n) is 10.6. The monoisotopic (exact) mass is 564 g/mol. The zero-order valence-corrected chi connectivity index (χ0v) is 23.2. The van der Waals surface area contributed by atoms with Crippen LogP contribution in [0.2, 0.25) is 5.02 Å². The maximum atomic E-state index is 13.3. The highest BCUT2D eigenvalue weighted by Gasteiger charge is 2.31. The van der Waals surface area contributed by atoms with Gasteiger partial charge in [0.15, 0.2) is 9.84 Å². The number of likely N-dealkylation sites (tertiary alicyclic amines) is 1. The highest BCUT2D eigenvalue weighted by molar-refractivity contribution is 7.90. The van der Waals surface area contributed by atoms with Crippen LogP contribution in [0.15, 0.2) is 36.4 Å². The maximum absolute atomic E-state index is 13.3. The number of rotatable bonds is 9. The molecular weight excluding hydrogens is 531 g/mol. The third kappa shape index (κ3) is 7.45. The first-order valence-electron chi connectivity index (χ1n) is 12.9. The van der Waals surface area contributed by atoms with E-state index >= 15 is 0 Å². The van der Waals surface area contributed by atoms with Crippen LogP contribution in [-0.4, -0.2) is 63.1 Å². The summed E-state index contributed by atoms with van der Waals surface area (Å²) in [4.78, 5) is 27.8. The molecule has 2 aliphatic heterocycles. The molecule has 1 fully saturated rings. The summed E-state index contributed by atoms with van der Waals surface area (Å²) in [6.07, 6.45) is 2.12. The molecular formula is C27H34ClFN4O4S. The normalized spacial score (nSPS) is 21.8. The molecule has 8 nitrogen and oxygen atoms in total. The molecule has 2 aromatic rings. The molecule has 3 atom stereocenters. The Kier molecular flexibility index (Phi) is 8.95. The Morgan fingerprint density at radius 3 is 2.58 bits per heavy atom. The quantitative estimate of drug-likeness (QED) is 0.398. The summed E-state index contributed by atoms with van der Waals surface area (Å²) >= 11 is 5.97. The van der Waals surface area contributed by atoms with Crippen LogP contribution in [0.4, 0.5) is 15.8 Å². The highest BCUT2D eigenvalue weighted by atomic mass is 35.5. The number of sulfone groups is 1. The average molecular weight is 565 g/mol.